The molecule has 2 N–H and O–H groups in total. The first-order valence-corrected chi connectivity index (χ1v) is 5.42. The maximum Gasteiger partial charge on any atom is 0.332 e. The van der Waals surface area contributed by atoms with E-state index in [1.807, 2.05) is 0 Å². The average molecular weight is 248 g/mol. The molecule has 0 atom stereocenters. The van der Waals surface area contributed by atoms with Crippen molar-refractivity contribution in [2.75, 3.05) is 17.7 Å². The highest BCUT2D eigenvalue weighted by molar-refractivity contribution is 5.88. The second-order valence-electron chi connectivity index (χ2n) is 3.73. The maximum absolute atomic E-state index is 11.0. The van der Waals surface area contributed by atoms with Crippen molar-refractivity contribution >= 4 is 23.3 Å². The third-order valence-electron chi connectivity index (χ3n) is 2.08. The molecular weight excluding hydrogens is 232 g/mol. The van der Waals surface area contributed by atoms with Crippen molar-refractivity contribution in [2.24, 2.45) is 0 Å². The van der Waals surface area contributed by atoms with Crippen molar-refractivity contribution in [2.45, 2.75) is 13.8 Å². The normalized spacial score (nSPS) is 10.7. The highest BCUT2D eigenvalue weighted by Crippen LogP contribution is 2.15. The van der Waals surface area contributed by atoms with Gasteiger partial charge in [-0.2, -0.15) is 0 Å². The van der Waals surface area contributed by atoms with Crippen LogP contribution in [0.5, 0.6) is 0 Å². The molecule has 0 aliphatic rings. The summed E-state index contributed by atoms with van der Waals surface area (Å²) in [5, 5.41) is 5.71. The van der Waals surface area contributed by atoms with Gasteiger partial charge in [-0.05, 0) is 31.2 Å². The number of hydrogen-bond donors (Lipinski definition) is 2. The SMILES string of the molecule is COC(=O)/C=C(/C)Nc1ccc(NC(C)=O)cc1. The molecule has 0 fully saturated rings. The first kappa shape index (κ1) is 13.8. The number of allylic oxidation sites excluding steroid dienone is 1. The van der Waals surface area contributed by atoms with E-state index in [2.05, 4.69) is 15.4 Å². The average Bonchev–Trinajstić information content (AvgIpc) is 2.30. The summed E-state index contributed by atoms with van der Waals surface area (Å²) in [6.07, 6.45) is 1.36. The lowest BCUT2D eigenvalue weighted by atomic mass is 10.2. The zero-order valence-electron chi connectivity index (χ0n) is 10.6. The molecule has 5 heteroatoms. The molecule has 0 spiro atoms. The Hall–Kier alpha value is -2.30. The third-order valence-corrected chi connectivity index (χ3v) is 2.08. The van der Waals surface area contributed by atoms with Gasteiger partial charge >= 0.3 is 5.97 Å². The summed E-state index contributed by atoms with van der Waals surface area (Å²) in [6.45, 7) is 3.22. The molecular formula is C13H16N2O3. The van der Waals surface area contributed by atoms with Crippen LogP contribution in [-0.4, -0.2) is 19.0 Å². The number of carbonyl (C=O) groups is 2. The summed E-state index contributed by atoms with van der Waals surface area (Å²) >= 11 is 0. The predicted octanol–water partition coefficient (Wildman–Crippen LogP) is 2.13. The molecule has 0 unspecified atom stereocenters. The summed E-state index contributed by atoms with van der Waals surface area (Å²) < 4.78 is 4.52. The van der Waals surface area contributed by atoms with E-state index in [0.717, 1.165) is 11.4 Å². The van der Waals surface area contributed by atoms with Gasteiger partial charge in [0.25, 0.3) is 0 Å². The van der Waals surface area contributed by atoms with Crippen LogP contribution in [0.15, 0.2) is 36.0 Å². The third kappa shape index (κ3) is 4.69. The largest absolute Gasteiger partial charge is 0.466 e. The van der Waals surface area contributed by atoms with Gasteiger partial charge in [0.1, 0.15) is 0 Å². The van der Waals surface area contributed by atoms with E-state index in [4.69, 9.17) is 0 Å². The van der Waals surface area contributed by atoms with E-state index in [1.54, 1.807) is 31.2 Å². The van der Waals surface area contributed by atoms with Crippen molar-refractivity contribution in [3.8, 4) is 0 Å². The van der Waals surface area contributed by atoms with Crippen molar-refractivity contribution < 1.29 is 14.3 Å². The summed E-state index contributed by atoms with van der Waals surface area (Å²) in [5.41, 5.74) is 2.22. The quantitative estimate of drug-likeness (QED) is 0.632. The predicted molar refractivity (Wildman–Crippen MR) is 70.1 cm³/mol. The number of benzene rings is 1. The van der Waals surface area contributed by atoms with Crippen LogP contribution in [0.3, 0.4) is 0 Å². The van der Waals surface area contributed by atoms with Gasteiger partial charge in [0.2, 0.25) is 5.91 Å². The topological polar surface area (TPSA) is 67.4 Å². The first-order valence-electron chi connectivity index (χ1n) is 5.42. The van der Waals surface area contributed by atoms with Crippen molar-refractivity contribution in [3.05, 3.63) is 36.0 Å². The van der Waals surface area contributed by atoms with E-state index in [0.29, 0.717) is 5.70 Å². The van der Waals surface area contributed by atoms with Crippen LogP contribution in [0, 0.1) is 0 Å². The molecule has 0 aliphatic carbocycles. The van der Waals surface area contributed by atoms with E-state index in [1.165, 1.54) is 20.1 Å². The number of ether oxygens (including phenoxy) is 1. The number of nitrogens with one attached hydrogen (secondary N) is 2. The number of hydrogen-bond acceptors (Lipinski definition) is 4. The van der Waals surface area contributed by atoms with Gasteiger partial charge in [-0.15, -0.1) is 0 Å². The second kappa shape index (κ2) is 6.44. The Bertz CT molecular complexity index is 464. The van der Waals surface area contributed by atoms with Crippen LogP contribution in [0.1, 0.15) is 13.8 Å². The molecule has 0 heterocycles. The summed E-state index contributed by atoms with van der Waals surface area (Å²) in [7, 11) is 1.33. The van der Waals surface area contributed by atoms with Crippen LogP contribution in [0.4, 0.5) is 11.4 Å². The molecule has 0 saturated carbocycles. The monoisotopic (exact) mass is 248 g/mol. The smallest absolute Gasteiger partial charge is 0.332 e. The Balaban J connectivity index is 2.66. The van der Waals surface area contributed by atoms with Gasteiger partial charge in [0.15, 0.2) is 0 Å². The maximum atomic E-state index is 11.0. The zero-order chi connectivity index (χ0) is 13.5. The fraction of sp³-hybridized carbons (Fsp3) is 0.231. The molecule has 1 aromatic carbocycles. The fourth-order valence-corrected chi connectivity index (χ4v) is 1.34. The first-order chi connectivity index (χ1) is 8.51. The Morgan fingerprint density at radius 2 is 1.56 bits per heavy atom. The molecule has 1 amide bonds. The van der Waals surface area contributed by atoms with Gasteiger partial charge in [-0.3, -0.25) is 4.79 Å². The Morgan fingerprint density at radius 3 is 2.00 bits per heavy atom. The number of esters is 1. The molecule has 0 bridgehead atoms. The summed E-state index contributed by atoms with van der Waals surface area (Å²) in [5.74, 6) is -0.521. The summed E-state index contributed by atoms with van der Waals surface area (Å²) in [6, 6.07) is 7.16. The zero-order valence-corrected chi connectivity index (χ0v) is 10.6. The Labute approximate surface area is 106 Å². The number of methoxy groups -OCH3 is 1. The molecule has 0 saturated heterocycles. The molecule has 96 valence electrons. The van der Waals surface area contributed by atoms with Crippen LogP contribution >= 0.6 is 0 Å². The van der Waals surface area contributed by atoms with E-state index in [-0.39, 0.29) is 5.91 Å². The standard InChI is InChI=1S/C13H16N2O3/c1-9(8-13(17)18-3)14-11-4-6-12(7-5-11)15-10(2)16/h4-8,14H,1-3H3,(H,15,16)/b9-8-. The Kier molecular flexibility index (Phi) is 4.92. The van der Waals surface area contributed by atoms with Crippen LogP contribution in [-0.2, 0) is 14.3 Å². The minimum Gasteiger partial charge on any atom is -0.466 e. The number of anilines is 2. The number of rotatable bonds is 4. The molecule has 1 rings (SSSR count). The second-order valence-corrected chi connectivity index (χ2v) is 3.73. The van der Waals surface area contributed by atoms with Crippen molar-refractivity contribution in [1.82, 2.24) is 0 Å². The van der Waals surface area contributed by atoms with Gasteiger partial charge < -0.3 is 15.4 Å². The fourth-order valence-electron chi connectivity index (χ4n) is 1.34. The van der Waals surface area contributed by atoms with Gasteiger partial charge in [-0.25, -0.2) is 4.79 Å². The molecule has 0 aromatic heterocycles. The van der Waals surface area contributed by atoms with E-state index in [9.17, 15) is 9.59 Å². The lowest BCUT2D eigenvalue weighted by Gasteiger charge is -2.07. The number of amides is 1. The highest BCUT2D eigenvalue weighted by atomic mass is 16.5. The van der Waals surface area contributed by atoms with Crippen LogP contribution in [0.2, 0.25) is 0 Å². The van der Waals surface area contributed by atoms with Crippen LogP contribution < -0.4 is 10.6 Å². The molecule has 0 aliphatic heterocycles. The summed E-state index contributed by atoms with van der Waals surface area (Å²) in [4.78, 5) is 21.8. The van der Waals surface area contributed by atoms with Crippen LogP contribution in [0.25, 0.3) is 0 Å². The minimum atomic E-state index is -0.408. The van der Waals surface area contributed by atoms with Gasteiger partial charge in [0, 0.05) is 30.1 Å². The molecule has 0 radical (unpaired) electrons. The van der Waals surface area contributed by atoms with Gasteiger partial charge in [0.05, 0.1) is 7.11 Å². The lowest BCUT2D eigenvalue weighted by molar-refractivity contribution is -0.134. The van der Waals surface area contributed by atoms with E-state index < -0.39 is 5.97 Å². The minimum absolute atomic E-state index is 0.113. The highest BCUT2D eigenvalue weighted by Gasteiger charge is 1.99. The molecule has 5 nitrogen and oxygen atoms in total. The molecule has 1 aromatic rings. The number of carbonyl (C=O) groups excluding carboxylic acids is 2. The molecule has 18 heavy (non-hydrogen) atoms. The van der Waals surface area contributed by atoms with E-state index >= 15 is 0 Å². The lowest BCUT2D eigenvalue weighted by Crippen LogP contribution is -2.06. The van der Waals surface area contributed by atoms with Crippen molar-refractivity contribution in [3.63, 3.8) is 0 Å². The van der Waals surface area contributed by atoms with Crippen molar-refractivity contribution in [1.29, 1.82) is 0 Å². The van der Waals surface area contributed by atoms with Gasteiger partial charge in [-0.1, -0.05) is 0 Å². The Morgan fingerprint density at radius 1 is 1.06 bits per heavy atom.